The number of rotatable bonds is 0. The molecule has 0 atom stereocenters. The Bertz CT molecular complexity index is 2060. The minimum Gasteiger partial charge on any atom is -0.486 e. The summed E-state index contributed by atoms with van der Waals surface area (Å²) in [5.41, 5.74) is 4.02. The highest BCUT2D eigenvalue weighted by Crippen LogP contribution is 2.36. The van der Waals surface area contributed by atoms with E-state index in [1.54, 1.807) is 0 Å². The van der Waals surface area contributed by atoms with E-state index < -0.39 is 0 Å². The first-order valence-electron chi connectivity index (χ1n) is 14.1. The maximum Gasteiger partial charge on any atom is 0.231 e. The van der Waals surface area contributed by atoms with Crippen LogP contribution in [0.2, 0.25) is 0 Å². The molecule has 4 nitrogen and oxygen atoms in total. The van der Waals surface area contributed by atoms with E-state index in [1.165, 1.54) is 0 Å². The standard InChI is InChI=1S/C20H14O2.C19H12O2/c1-2-4-15(5-3-1)6-7-16-8-9-17-13-19-20(14-18(17)12-16)22-11-10-21-19;1-2-4-14(5-3-1)6-7-15-8-9-16-11-18-19(21-13-20-18)12-17(16)10-15/h1-5,8-9,12-14H,10-11H2;1-5,8-12H,13H2. The number of ether oxygens (including phenoxy) is 4. The molecule has 206 valence electrons. The van der Waals surface area contributed by atoms with Crippen LogP contribution in [0.4, 0.5) is 0 Å². The van der Waals surface area contributed by atoms with Crippen LogP contribution in [0.1, 0.15) is 22.3 Å². The molecule has 6 aromatic carbocycles. The minimum absolute atomic E-state index is 0.298. The molecule has 0 radical (unpaired) electrons. The van der Waals surface area contributed by atoms with E-state index in [9.17, 15) is 0 Å². The van der Waals surface area contributed by atoms with Crippen molar-refractivity contribution >= 4 is 21.5 Å². The molecule has 2 aliphatic rings. The Morgan fingerprint density at radius 3 is 1.21 bits per heavy atom. The van der Waals surface area contributed by atoms with Gasteiger partial charge in [-0.15, -0.1) is 0 Å². The zero-order valence-electron chi connectivity index (χ0n) is 23.3. The third kappa shape index (κ3) is 6.10. The van der Waals surface area contributed by atoms with Crippen molar-refractivity contribution in [1.82, 2.24) is 0 Å². The van der Waals surface area contributed by atoms with Crippen molar-refractivity contribution in [3.05, 3.63) is 144 Å². The predicted molar refractivity (Wildman–Crippen MR) is 170 cm³/mol. The molecule has 0 amide bonds. The smallest absolute Gasteiger partial charge is 0.231 e. The van der Waals surface area contributed by atoms with Crippen molar-refractivity contribution in [3.63, 3.8) is 0 Å². The number of hydrogen-bond acceptors (Lipinski definition) is 4. The third-order valence-corrected chi connectivity index (χ3v) is 7.08. The first-order valence-corrected chi connectivity index (χ1v) is 14.1. The summed E-state index contributed by atoms with van der Waals surface area (Å²) in [4.78, 5) is 0. The average molecular weight is 559 g/mol. The van der Waals surface area contributed by atoms with Gasteiger partial charge in [0.1, 0.15) is 13.2 Å². The van der Waals surface area contributed by atoms with E-state index in [1.807, 2.05) is 97.1 Å². The molecule has 2 heterocycles. The van der Waals surface area contributed by atoms with Crippen LogP contribution in [0.15, 0.2) is 121 Å². The summed E-state index contributed by atoms with van der Waals surface area (Å²) in [5.74, 6) is 16.0. The van der Waals surface area contributed by atoms with Gasteiger partial charge in [-0.1, -0.05) is 72.2 Å². The van der Waals surface area contributed by atoms with Crippen LogP contribution in [0.5, 0.6) is 23.0 Å². The van der Waals surface area contributed by atoms with Crippen LogP contribution in [0.3, 0.4) is 0 Å². The van der Waals surface area contributed by atoms with Gasteiger partial charge in [-0.2, -0.15) is 0 Å². The number of benzene rings is 6. The second-order valence-corrected chi connectivity index (χ2v) is 10.1. The monoisotopic (exact) mass is 558 g/mol. The molecule has 0 saturated carbocycles. The van der Waals surface area contributed by atoms with E-state index >= 15 is 0 Å². The van der Waals surface area contributed by atoms with E-state index in [2.05, 4.69) is 47.9 Å². The second-order valence-electron chi connectivity index (χ2n) is 10.1. The van der Waals surface area contributed by atoms with Gasteiger partial charge in [-0.05, 0) is 94.3 Å². The molecule has 0 aromatic heterocycles. The highest BCUT2D eigenvalue weighted by molar-refractivity contribution is 5.88. The molecule has 0 fully saturated rings. The van der Waals surface area contributed by atoms with Gasteiger partial charge in [0.25, 0.3) is 0 Å². The number of fused-ring (bicyclic) bond motifs is 4. The summed E-state index contributed by atoms with van der Waals surface area (Å²) in [6.07, 6.45) is 0. The molecule has 6 aromatic rings. The molecule has 0 saturated heterocycles. The van der Waals surface area contributed by atoms with Crippen molar-refractivity contribution in [2.75, 3.05) is 20.0 Å². The van der Waals surface area contributed by atoms with Crippen LogP contribution >= 0.6 is 0 Å². The molecule has 2 aliphatic heterocycles. The van der Waals surface area contributed by atoms with E-state index in [4.69, 9.17) is 18.9 Å². The first kappa shape index (κ1) is 26.1. The summed E-state index contributed by atoms with van der Waals surface area (Å²) < 4.78 is 22.1. The quantitative estimate of drug-likeness (QED) is 0.177. The SMILES string of the molecule is C(#Cc1ccc2cc3c(cc2c1)OCCO3)c1ccccc1.C(#Cc1ccc2cc3c(cc2c1)OCO3)c1ccccc1. The lowest BCUT2D eigenvalue weighted by Crippen LogP contribution is -2.15. The van der Waals surface area contributed by atoms with Gasteiger partial charge in [0, 0.05) is 22.3 Å². The van der Waals surface area contributed by atoms with Crippen molar-refractivity contribution in [1.29, 1.82) is 0 Å². The topological polar surface area (TPSA) is 36.9 Å². The second kappa shape index (κ2) is 12.0. The van der Waals surface area contributed by atoms with Crippen molar-refractivity contribution in [2.24, 2.45) is 0 Å². The molecular weight excluding hydrogens is 532 g/mol. The lowest BCUT2D eigenvalue weighted by molar-refractivity contribution is 0.172. The van der Waals surface area contributed by atoms with Gasteiger partial charge in [-0.25, -0.2) is 0 Å². The summed E-state index contributed by atoms with van der Waals surface area (Å²) in [6, 6.07) is 40.4. The highest BCUT2D eigenvalue weighted by atomic mass is 16.7. The number of hydrogen-bond donors (Lipinski definition) is 0. The van der Waals surface area contributed by atoms with Gasteiger partial charge in [0.2, 0.25) is 6.79 Å². The van der Waals surface area contributed by atoms with Gasteiger partial charge in [0.05, 0.1) is 0 Å². The van der Waals surface area contributed by atoms with E-state index in [0.29, 0.717) is 20.0 Å². The van der Waals surface area contributed by atoms with Crippen molar-refractivity contribution < 1.29 is 18.9 Å². The Hall–Kier alpha value is -5.84. The van der Waals surface area contributed by atoms with Crippen LogP contribution in [0.25, 0.3) is 21.5 Å². The Morgan fingerprint density at radius 2 is 0.744 bits per heavy atom. The van der Waals surface area contributed by atoms with Gasteiger partial charge >= 0.3 is 0 Å². The Kier molecular flexibility index (Phi) is 7.25. The van der Waals surface area contributed by atoms with Gasteiger partial charge < -0.3 is 18.9 Å². The molecule has 0 unspecified atom stereocenters. The summed E-state index contributed by atoms with van der Waals surface area (Å²) in [5, 5.41) is 4.49. The first-order chi connectivity index (χ1) is 21.3. The summed E-state index contributed by atoms with van der Waals surface area (Å²) >= 11 is 0. The highest BCUT2D eigenvalue weighted by Gasteiger charge is 2.14. The molecule has 0 N–H and O–H groups in total. The van der Waals surface area contributed by atoms with Crippen molar-refractivity contribution in [2.45, 2.75) is 0 Å². The van der Waals surface area contributed by atoms with E-state index in [0.717, 1.165) is 66.8 Å². The Balaban J connectivity index is 0.000000140. The van der Waals surface area contributed by atoms with Crippen LogP contribution in [-0.4, -0.2) is 20.0 Å². The Labute approximate surface area is 250 Å². The fraction of sp³-hybridized carbons (Fsp3) is 0.0769. The minimum atomic E-state index is 0.298. The fourth-order valence-corrected chi connectivity index (χ4v) is 4.91. The Morgan fingerprint density at radius 1 is 0.349 bits per heavy atom. The van der Waals surface area contributed by atoms with Gasteiger partial charge in [0.15, 0.2) is 23.0 Å². The molecule has 4 heteroatoms. The van der Waals surface area contributed by atoms with Crippen molar-refractivity contribution in [3.8, 4) is 46.7 Å². The summed E-state index contributed by atoms with van der Waals surface area (Å²) in [6.45, 7) is 1.51. The largest absolute Gasteiger partial charge is 0.486 e. The third-order valence-electron chi connectivity index (χ3n) is 7.08. The van der Waals surface area contributed by atoms with Crippen LogP contribution < -0.4 is 18.9 Å². The molecule has 43 heavy (non-hydrogen) atoms. The average Bonchev–Trinajstić information content (AvgIpc) is 3.53. The molecule has 0 aliphatic carbocycles. The van der Waals surface area contributed by atoms with Crippen LogP contribution in [-0.2, 0) is 0 Å². The lowest BCUT2D eigenvalue weighted by atomic mass is 10.1. The predicted octanol–water partition coefficient (Wildman–Crippen LogP) is 7.98. The molecule has 0 bridgehead atoms. The fourth-order valence-electron chi connectivity index (χ4n) is 4.91. The normalized spacial score (nSPS) is 12.3. The maximum absolute atomic E-state index is 5.64. The maximum atomic E-state index is 5.64. The molecular formula is C39H26O4. The summed E-state index contributed by atoms with van der Waals surface area (Å²) in [7, 11) is 0. The molecule has 0 spiro atoms. The zero-order chi connectivity index (χ0) is 28.8. The van der Waals surface area contributed by atoms with Gasteiger partial charge in [-0.3, -0.25) is 0 Å². The zero-order valence-corrected chi connectivity index (χ0v) is 23.3. The van der Waals surface area contributed by atoms with Crippen LogP contribution in [0, 0.1) is 23.7 Å². The van der Waals surface area contributed by atoms with E-state index in [-0.39, 0.29) is 0 Å². The lowest BCUT2D eigenvalue weighted by Gasteiger charge is -2.18. The molecule has 8 rings (SSSR count).